The molecule has 0 bridgehead atoms. The number of sulfonamides is 1. The van der Waals surface area contributed by atoms with Gasteiger partial charge in [-0.3, -0.25) is 18.9 Å². The average Bonchev–Trinajstić information content (AvgIpc) is 2.77. The van der Waals surface area contributed by atoms with E-state index in [2.05, 4.69) is 16.6 Å². The molecular weight excluding hydrogens is 442 g/mol. The number of hydrogen-bond acceptors (Lipinski definition) is 6. The number of hydrogen-bond donors (Lipinski definition) is 3. The highest BCUT2D eigenvalue weighted by atomic mass is 32.2. The van der Waals surface area contributed by atoms with Crippen molar-refractivity contribution >= 4 is 27.8 Å². The van der Waals surface area contributed by atoms with E-state index in [1.54, 1.807) is 48.2 Å². The van der Waals surface area contributed by atoms with Crippen molar-refractivity contribution in [3.05, 3.63) is 82.0 Å². The molecule has 10 heteroatoms. The Morgan fingerprint density at radius 2 is 1.82 bits per heavy atom. The zero-order chi connectivity index (χ0) is 24.3. The molecule has 2 heterocycles. The molecule has 1 aromatic carbocycles. The van der Waals surface area contributed by atoms with Gasteiger partial charge in [0.05, 0.1) is 24.2 Å². The highest BCUT2D eigenvalue weighted by molar-refractivity contribution is 7.91. The summed E-state index contributed by atoms with van der Waals surface area (Å²) in [6, 6.07) is 11.7. The summed E-state index contributed by atoms with van der Waals surface area (Å²) in [6.07, 6.45) is 0.569. The predicted octanol–water partition coefficient (Wildman–Crippen LogP) is 1.78. The van der Waals surface area contributed by atoms with Crippen LogP contribution < -0.4 is 21.3 Å². The van der Waals surface area contributed by atoms with Crippen LogP contribution in [0, 0.1) is 12.8 Å². The first-order chi connectivity index (χ1) is 15.6. The molecule has 2 aromatic rings. The molecule has 1 aromatic heterocycles. The van der Waals surface area contributed by atoms with Crippen molar-refractivity contribution < 1.29 is 13.2 Å². The van der Waals surface area contributed by atoms with E-state index in [9.17, 15) is 18.0 Å². The van der Waals surface area contributed by atoms with Gasteiger partial charge < -0.3 is 16.0 Å². The van der Waals surface area contributed by atoms with Gasteiger partial charge in [0.25, 0.3) is 5.56 Å². The second-order valence-corrected chi connectivity index (χ2v) is 9.79. The number of benzene rings is 1. The lowest BCUT2D eigenvalue weighted by Crippen LogP contribution is -2.49. The predicted molar refractivity (Wildman–Crippen MR) is 129 cm³/mol. The topological polar surface area (TPSA) is 127 Å². The summed E-state index contributed by atoms with van der Waals surface area (Å²) in [6.45, 7) is 9.85. The van der Waals surface area contributed by atoms with Gasteiger partial charge >= 0.3 is 0 Å². The van der Waals surface area contributed by atoms with E-state index in [4.69, 9.17) is 5.73 Å². The molecule has 1 amide bonds. The van der Waals surface area contributed by atoms with Gasteiger partial charge in [0.2, 0.25) is 16.4 Å². The zero-order valence-corrected chi connectivity index (χ0v) is 19.7. The fourth-order valence-electron chi connectivity index (χ4n) is 3.99. The van der Waals surface area contributed by atoms with Crippen LogP contribution in [0.2, 0.25) is 0 Å². The summed E-state index contributed by atoms with van der Waals surface area (Å²) in [4.78, 5) is 26.0. The Morgan fingerprint density at radius 3 is 2.45 bits per heavy atom. The van der Waals surface area contributed by atoms with Gasteiger partial charge in [0.15, 0.2) is 0 Å². The number of anilines is 1. The van der Waals surface area contributed by atoms with Gasteiger partial charge in [-0.05, 0) is 37.1 Å². The molecule has 33 heavy (non-hydrogen) atoms. The van der Waals surface area contributed by atoms with Crippen LogP contribution in [0.3, 0.4) is 0 Å². The van der Waals surface area contributed by atoms with Crippen molar-refractivity contribution in [2.24, 2.45) is 11.7 Å². The number of pyridine rings is 1. The van der Waals surface area contributed by atoms with Crippen LogP contribution in [-0.4, -0.2) is 37.0 Å². The Balaban J connectivity index is 2.06. The Labute approximate surface area is 193 Å². The maximum Gasteiger partial charge on any atom is 0.279 e. The van der Waals surface area contributed by atoms with E-state index >= 15 is 0 Å². The molecule has 0 radical (unpaired) electrons. The normalized spacial score (nSPS) is 18.9. The number of aromatic nitrogens is 1. The maximum absolute atomic E-state index is 13.4. The third kappa shape index (κ3) is 4.95. The van der Waals surface area contributed by atoms with Crippen LogP contribution in [-0.2, 0) is 20.6 Å². The van der Waals surface area contributed by atoms with E-state index in [0.29, 0.717) is 29.2 Å². The number of amides is 1. The van der Waals surface area contributed by atoms with Crippen LogP contribution in [0.4, 0.5) is 5.69 Å². The highest BCUT2D eigenvalue weighted by Gasteiger charge is 2.34. The van der Waals surface area contributed by atoms with Gasteiger partial charge in [-0.25, -0.2) is 8.42 Å². The Kier molecular flexibility index (Phi) is 6.97. The highest BCUT2D eigenvalue weighted by Crippen LogP contribution is 2.35. The van der Waals surface area contributed by atoms with E-state index < -0.39 is 15.6 Å². The van der Waals surface area contributed by atoms with Crippen molar-refractivity contribution in [1.29, 1.82) is 0 Å². The smallest absolute Gasteiger partial charge is 0.279 e. The molecule has 9 nitrogen and oxygen atoms in total. The molecule has 3 rings (SSSR count). The van der Waals surface area contributed by atoms with Crippen molar-refractivity contribution in [3.63, 3.8) is 0 Å². The Hall–Kier alpha value is -3.53. The zero-order valence-electron chi connectivity index (χ0n) is 18.9. The van der Waals surface area contributed by atoms with E-state index in [-0.39, 0.29) is 30.1 Å². The molecule has 0 spiro atoms. The van der Waals surface area contributed by atoms with Crippen molar-refractivity contribution in [2.75, 3.05) is 11.4 Å². The van der Waals surface area contributed by atoms with Gasteiger partial charge in [-0.2, -0.15) is 0 Å². The molecule has 176 valence electrons. The molecule has 1 aliphatic rings. The van der Waals surface area contributed by atoms with Gasteiger partial charge in [-0.15, -0.1) is 0 Å². The van der Waals surface area contributed by atoms with Crippen molar-refractivity contribution in [2.45, 2.75) is 32.6 Å². The summed E-state index contributed by atoms with van der Waals surface area (Å²) in [5.41, 5.74) is 8.34. The number of carbonyl (C=O) groups excluding carboxylic acids is 1. The molecule has 4 N–H and O–H groups in total. The number of nitrogens with zero attached hydrogens (tertiary/aromatic N) is 2. The monoisotopic (exact) mass is 471 g/mol. The van der Waals surface area contributed by atoms with Crippen molar-refractivity contribution in [1.82, 2.24) is 14.8 Å². The van der Waals surface area contributed by atoms with Gasteiger partial charge in [0.1, 0.15) is 11.5 Å². The number of nitrogens with two attached hydrogens (primary N) is 1. The molecule has 0 saturated carbocycles. The van der Waals surface area contributed by atoms with Crippen LogP contribution in [0.5, 0.6) is 0 Å². The largest absolute Gasteiger partial charge is 0.384 e. The number of carbonyl (C=O) groups is 1. The second kappa shape index (κ2) is 9.53. The second-order valence-electron chi connectivity index (χ2n) is 8.07. The third-order valence-corrected chi connectivity index (χ3v) is 7.11. The van der Waals surface area contributed by atoms with Crippen LogP contribution in [0.15, 0.2) is 65.2 Å². The molecule has 2 unspecified atom stereocenters. The quantitative estimate of drug-likeness (QED) is 0.398. The minimum Gasteiger partial charge on any atom is -0.384 e. The first kappa shape index (κ1) is 24.1. The fraction of sp³-hybridized carbons (Fsp3) is 0.304. The lowest BCUT2D eigenvalue weighted by Gasteiger charge is -2.41. The van der Waals surface area contributed by atoms with Gasteiger partial charge in [0, 0.05) is 11.6 Å². The SMILES string of the molecule is C=C1C(C)C(n2c(C)ccc(NS(=O)(=O)Cc3ccccc3)c2=O)=C(N)N(CNC=O)C1C. The number of aryl methyl sites for hydroxylation is 1. The molecule has 1 aliphatic heterocycles. The summed E-state index contributed by atoms with van der Waals surface area (Å²) < 4.78 is 29.3. The van der Waals surface area contributed by atoms with Gasteiger partial charge in [-0.1, -0.05) is 43.8 Å². The summed E-state index contributed by atoms with van der Waals surface area (Å²) in [5.74, 6) is -0.228. The van der Waals surface area contributed by atoms with Crippen LogP contribution in [0.1, 0.15) is 25.1 Å². The van der Waals surface area contributed by atoms with Crippen molar-refractivity contribution in [3.8, 4) is 0 Å². The molecule has 2 atom stereocenters. The third-order valence-electron chi connectivity index (χ3n) is 5.87. The Bertz CT molecular complexity index is 1250. The lowest BCUT2D eigenvalue weighted by molar-refractivity contribution is -0.110. The van der Waals surface area contributed by atoms with E-state index in [1.807, 2.05) is 13.8 Å². The molecular formula is C23H29N5O4S. The van der Waals surface area contributed by atoms with Crippen LogP contribution in [0.25, 0.3) is 5.70 Å². The first-order valence-corrected chi connectivity index (χ1v) is 12.1. The fourth-order valence-corrected chi connectivity index (χ4v) is 5.18. The molecule has 0 aliphatic carbocycles. The van der Waals surface area contributed by atoms with E-state index in [0.717, 1.165) is 5.57 Å². The molecule has 0 saturated heterocycles. The summed E-state index contributed by atoms with van der Waals surface area (Å²) in [7, 11) is -3.83. The average molecular weight is 472 g/mol. The number of allylic oxidation sites excluding steroid dienone is 1. The summed E-state index contributed by atoms with van der Waals surface area (Å²) in [5, 5.41) is 2.59. The Morgan fingerprint density at radius 1 is 1.15 bits per heavy atom. The lowest BCUT2D eigenvalue weighted by atomic mass is 9.88. The maximum atomic E-state index is 13.4. The first-order valence-electron chi connectivity index (χ1n) is 10.5. The minimum atomic E-state index is -3.83. The standard InChI is InChI=1S/C23H29N5O4S/c1-15-10-11-20(26-33(31,32)12-19-8-6-5-7-9-19)23(30)28(15)21-17(3)16(2)18(4)27(22(21)24)13-25-14-29/h5-11,14,17-18,26H,2,12-13,24H2,1,3-4H3,(H,25,29). The summed E-state index contributed by atoms with van der Waals surface area (Å²) >= 11 is 0. The van der Waals surface area contributed by atoms with E-state index in [1.165, 1.54) is 10.6 Å². The number of nitrogens with one attached hydrogen (secondary N) is 2. The number of rotatable bonds is 8. The minimum absolute atomic E-state index is 0.0779. The van der Waals surface area contributed by atoms with Crippen LogP contribution >= 0.6 is 0 Å². The molecule has 0 fully saturated rings.